The van der Waals surface area contributed by atoms with E-state index in [1.54, 1.807) is 6.08 Å². The lowest BCUT2D eigenvalue weighted by Gasteiger charge is -2.20. The maximum absolute atomic E-state index is 12.3. The maximum Gasteiger partial charge on any atom is 0.220 e. The number of aliphatic hydroxyl groups is 2. The largest absolute Gasteiger partial charge is 0.394 e. The van der Waals surface area contributed by atoms with Crippen LogP contribution in [-0.4, -0.2) is 34.9 Å². The summed E-state index contributed by atoms with van der Waals surface area (Å²) in [6.45, 7) is 4.12. The summed E-state index contributed by atoms with van der Waals surface area (Å²) in [6.07, 6.45) is 67.4. The zero-order valence-electron chi connectivity index (χ0n) is 34.0. The number of rotatable bonds is 36. The van der Waals surface area contributed by atoms with E-state index < -0.39 is 12.1 Å². The normalized spacial score (nSPS) is 14.3. The van der Waals surface area contributed by atoms with Crippen LogP contribution in [-0.2, 0) is 4.79 Å². The van der Waals surface area contributed by atoms with Gasteiger partial charge in [0.2, 0.25) is 5.91 Å². The highest BCUT2D eigenvalue weighted by Gasteiger charge is 2.17. The second kappa shape index (κ2) is 43.2. The van der Waals surface area contributed by atoms with E-state index in [1.165, 1.54) is 44.9 Å². The van der Waals surface area contributed by atoms with Gasteiger partial charge in [-0.1, -0.05) is 187 Å². The Morgan fingerprint density at radius 1 is 0.472 bits per heavy atom. The minimum absolute atomic E-state index is 0.0937. The van der Waals surface area contributed by atoms with E-state index in [1.807, 2.05) is 6.08 Å². The first-order valence-electron chi connectivity index (χ1n) is 21.2. The molecule has 0 spiro atoms. The van der Waals surface area contributed by atoms with E-state index in [0.29, 0.717) is 6.42 Å². The van der Waals surface area contributed by atoms with Gasteiger partial charge in [-0.15, -0.1) is 0 Å². The summed E-state index contributed by atoms with van der Waals surface area (Å²) < 4.78 is 0. The third kappa shape index (κ3) is 39.8. The summed E-state index contributed by atoms with van der Waals surface area (Å²) in [7, 11) is 0. The van der Waals surface area contributed by atoms with Gasteiger partial charge in [0, 0.05) is 6.42 Å². The molecule has 298 valence electrons. The predicted molar refractivity (Wildman–Crippen MR) is 234 cm³/mol. The summed E-state index contributed by atoms with van der Waals surface area (Å²) in [4.78, 5) is 12.3. The van der Waals surface area contributed by atoms with Crippen LogP contribution in [0.2, 0.25) is 0 Å². The fourth-order valence-corrected chi connectivity index (χ4v) is 5.46. The van der Waals surface area contributed by atoms with Gasteiger partial charge in [-0.25, -0.2) is 0 Å². The lowest BCUT2D eigenvalue weighted by Crippen LogP contribution is -2.45. The van der Waals surface area contributed by atoms with Crippen molar-refractivity contribution in [2.24, 2.45) is 0 Å². The highest BCUT2D eigenvalue weighted by Crippen LogP contribution is 2.10. The van der Waals surface area contributed by atoms with Crippen LogP contribution >= 0.6 is 0 Å². The molecular formula is C49H79NO3. The van der Waals surface area contributed by atoms with Crippen LogP contribution in [0.1, 0.15) is 162 Å². The van der Waals surface area contributed by atoms with Gasteiger partial charge in [0.25, 0.3) is 0 Å². The van der Waals surface area contributed by atoms with Crippen molar-refractivity contribution in [3.8, 4) is 0 Å². The van der Waals surface area contributed by atoms with Crippen LogP contribution in [0.15, 0.2) is 122 Å². The van der Waals surface area contributed by atoms with Gasteiger partial charge in [0.15, 0.2) is 0 Å². The summed E-state index contributed by atoms with van der Waals surface area (Å²) in [6, 6.07) is -0.639. The lowest BCUT2D eigenvalue weighted by molar-refractivity contribution is -0.123. The van der Waals surface area contributed by atoms with Gasteiger partial charge in [0.1, 0.15) is 0 Å². The van der Waals surface area contributed by atoms with E-state index in [-0.39, 0.29) is 12.5 Å². The van der Waals surface area contributed by atoms with Crippen LogP contribution in [0.4, 0.5) is 0 Å². The molecule has 0 aliphatic carbocycles. The number of allylic oxidation sites excluding steroid dienone is 19. The molecular weight excluding hydrogens is 651 g/mol. The van der Waals surface area contributed by atoms with E-state index >= 15 is 0 Å². The smallest absolute Gasteiger partial charge is 0.220 e. The van der Waals surface area contributed by atoms with Crippen molar-refractivity contribution >= 4 is 5.91 Å². The molecule has 1 amide bonds. The van der Waals surface area contributed by atoms with E-state index in [0.717, 1.165) is 96.3 Å². The Kier molecular flexibility index (Phi) is 40.6. The quantitative estimate of drug-likeness (QED) is 0.0444. The molecule has 0 rings (SSSR count). The molecule has 4 nitrogen and oxygen atoms in total. The molecule has 0 heterocycles. The molecule has 4 heteroatoms. The van der Waals surface area contributed by atoms with Crippen LogP contribution in [0.5, 0.6) is 0 Å². The second-order valence-corrected chi connectivity index (χ2v) is 13.7. The zero-order chi connectivity index (χ0) is 38.6. The van der Waals surface area contributed by atoms with Crippen molar-refractivity contribution in [3.63, 3.8) is 0 Å². The van der Waals surface area contributed by atoms with Gasteiger partial charge in [0.05, 0.1) is 18.8 Å². The molecule has 0 aromatic rings. The average Bonchev–Trinajstić information content (AvgIpc) is 3.16. The summed E-state index contributed by atoms with van der Waals surface area (Å²) in [5.41, 5.74) is 0. The number of hydrogen-bond acceptors (Lipinski definition) is 3. The summed E-state index contributed by atoms with van der Waals surface area (Å²) in [5, 5.41) is 22.8. The Morgan fingerprint density at radius 3 is 1.25 bits per heavy atom. The molecule has 0 saturated heterocycles. The first-order chi connectivity index (χ1) is 26.2. The Bertz CT molecular complexity index is 1100. The summed E-state index contributed by atoms with van der Waals surface area (Å²) in [5.74, 6) is -0.0937. The second-order valence-electron chi connectivity index (χ2n) is 13.7. The zero-order valence-corrected chi connectivity index (χ0v) is 34.0. The molecule has 0 saturated carbocycles. The average molecular weight is 730 g/mol. The number of unbranched alkanes of at least 4 members (excludes halogenated alkanes) is 11. The Balaban J connectivity index is 3.70. The molecule has 0 aromatic carbocycles. The van der Waals surface area contributed by atoms with Crippen LogP contribution in [0.3, 0.4) is 0 Å². The molecule has 0 radical (unpaired) electrons. The number of amides is 1. The molecule has 2 atom stereocenters. The van der Waals surface area contributed by atoms with Gasteiger partial charge >= 0.3 is 0 Å². The van der Waals surface area contributed by atoms with Crippen molar-refractivity contribution < 1.29 is 15.0 Å². The number of carbonyl (C=O) groups excluding carboxylic acids is 1. The fraction of sp³-hybridized carbons (Fsp3) is 0.571. The first kappa shape index (κ1) is 49.8. The van der Waals surface area contributed by atoms with Crippen molar-refractivity contribution in [1.82, 2.24) is 5.32 Å². The monoisotopic (exact) mass is 730 g/mol. The summed E-state index contributed by atoms with van der Waals surface area (Å²) >= 11 is 0. The Hall–Kier alpha value is -3.21. The van der Waals surface area contributed by atoms with Crippen molar-refractivity contribution in [2.45, 2.75) is 174 Å². The van der Waals surface area contributed by atoms with Gasteiger partial charge in [-0.05, 0) is 89.9 Å². The minimum atomic E-state index is -0.853. The number of carbonyl (C=O) groups is 1. The van der Waals surface area contributed by atoms with E-state index in [9.17, 15) is 15.0 Å². The molecule has 2 unspecified atom stereocenters. The topological polar surface area (TPSA) is 69.6 Å². The highest BCUT2D eigenvalue weighted by atomic mass is 16.3. The van der Waals surface area contributed by atoms with Crippen molar-refractivity contribution in [3.05, 3.63) is 122 Å². The fourth-order valence-electron chi connectivity index (χ4n) is 5.46. The van der Waals surface area contributed by atoms with Crippen molar-refractivity contribution in [2.75, 3.05) is 6.61 Å². The molecule has 0 bridgehead atoms. The minimum Gasteiger partial charge on any atom is -0.394 e. The van der Waals surface area contributed by atoms with E-state index in [2.05, 4.69) is 129 Å². The number of hydrogen-bond donors (Lipinski definition) is 3. The molecule has 53 heavy (non-hydrogen) atoms. The standard InChI is InChI=1S/C49H79NO3/c1-3-5-7-9-11-13-14-15-16-17-18-19-20-21-22-23-24-25-26-27-28-29-30-31-32-33-34-35-36-37-39-41-43-45-49(53)50-47(46-51)48(52)44-42-40-38-12-10-8-6-4-2/h5,7,11,13,15-16,18-19,21-22,24-25,27-28,30-31,33-34,42,44,47-48,51-52H,3-4,6,8-10,12,14,17,20,23,26,29,32,35-41,43,45-46H2,1-2H3,(H,50,53)/b7-5-,13-11-,16-15-,19-18-,22-21-,25-24-,28-27-,31-30-,34-33-,44-42+. The van der Waals surface area contributed by atoms with E-state index in [4.69, 9.17) is 0 Å². The lowest BCUT2D eigenvalue weighted by atomic mass is 10.1. The Labute approximate surface area is 327 Å². The maximum atomic E-state index is 12.3. The van der Waals surface area contributed by atoms with Crippen LogP contribution in [0.25, 0.3) is 0 Å². The predicted octanol–water partition coefficient (Wildman–Crippen LogP) is 13.4. The van der Waals surface area contributed by atoms with Crippen LogP contribution in [0, 0.1) is 0 Å². The highest BCUT2D eigenvalue weighted by molar-refractivity contribution is 5.76. The van der Waals surface area contributed by atoms with Gasteiger partial charge in [-0.2, -0.15) is 0 Å². The van der Waals surface area contributed by atoms with Crippen LogP contribution < -0.4 is 5.32 Å². The molecule has 3 N–H and O–H groups in total. The van der Waals surface area contributed by atoms with Crippen molar-refractivity contribution in [1.29, 1.82) is 0 Å². The molecule has 0 aromatic heterocycles. The molecule has 0 aliphatic rings. The first-order valence-corrected chi connectivity index (χ1v) is 21.2. The van der Waals surface area contributed by atoms with Gasteiger partial charge in [-0.3, -0.25) is 4.79 Å². The van der Waals surface area contributed by atoms with Gasteiger partial charge < -0.3 is 15.5 Å². The third-order valence-electron chi connectivity index (χ3n) is 8.70. The SMILES string of the molecule is CC/C=C\C/C=C\C/C=C\C/C=C\C/C=C\C/C=C\C/C=C\C/C=C\C/C=C\CCCCCCCC(=O)NC(CO)C(O)/C=C/CCCCCCCC. The molecule has 0 fully saturated rings. The number of aliphatic hydroxyl groups excluding tert-OH is 2. The molecule has 0 aliphatic heterocycles. The Morgan fingerprint density at radius 2 is 0.830 bits per heavy atom. The number of nitrogens with one attached hydrogen (secondary N) is 1. The third-order valence-corrected chi connectivity index (χ3v) is 8.70.